The minimum absolute atomic E-state index is 0.0995. The van der Waals surface area contributed by atoms with E-state index in [0.29, 0.717) is 50.2 Å². The van der Waals surface area contributed by atoms with Crippen molar-refractivity contribution in [3.63, 3.8) is 0 Å². The molecule has 4 aromatic heterocycles. The molecule has 380 valence electrons. The molecule has 19 nitrogen and oxygen atoms in total. The number of nitro benzene ring substituents is 1. The van der Waals surface area contributed by atoms with Crippen LogP contribution in [0.2, 0.25) is 51.4 Å². The number of carbonyl (C=O) groups is 2. The number of aromatic amines is 1. The van der Waals surface area contributed by atoms with Crippen molar-refractivity contribution in [3.05, 3.63) is 130 Å². The Morgan fingerprint density at radius 3 is 1.86 bits per heavy atom. The predicted octanol–water partition coefficient (Wildman–Crippen LogP) is 10.7. The Bertz CT molecular complexity index is 2930. The van der Waals surface area contributed by atoms with E-state index in [1.54, 1.807) is 46.0 Å². The average Bonchev–Trinajstić information content (AvgIpc) is 4.10. The van der Waals surface area contributed by atoms with E-state index in [9.17, 15) is 29.9 Å². The summed E-state index contributed by atoms with van der Waals surface area (Å²) in [7, 11) is -2.29. The molecule has 0 spiro atoms. The van der Waals surface area contributed by atoms with Gasteiger partial charge in [0.2, 0.25) is 0 Å². The van der Waals surface area contributed by atoms with Crippen molar-refractivity contribution in [3.8, 4) is 5.69 Å². The zero-order valence-corrected chi connectivity index (χ0v) is 44.8. The molecular formula is C50H69N11O8Si2. The quantitative estimate of drug-likeness (QED) is 0.0242. The molecule has 2 amide bonds. The van der Waals surface area contributed by atoms with E-state index < -0.39 is 50.9 Å². The number of aryl methyl sites for hydroxylation is 2. The van der Waals surface area contributed by atoms with Crippen LogP contribution in [0.5, 0.6) is 0 Å². The first-order valence-corrected chi connectivity index (χ1v) is 31.1. The Balaban J connectivity index is 0.000000235. The molecule has 21 heteroatoms. The Morgan fingerprint density at radius 2 is 1.38 bits per heavy atom. The van der Waals surface area contributed by atoms with Gasteiger partial charge in [-0.15, -0.1) is 0 Å². The van der Waals surface area contributed by atoms with Crippen molar-refractivity contribution in [1.29, 1.82) is 0 Å². The van der Waals surface area contributed by atoms with Crippen LogP contribution in [0.3, 0.4) is 0 Å². The third-order valence-electron chi connectivity index (χ3n) is 11.8. The lowest BCUT2D eigenvalue weighted by Gasteiger charge is -2.39. The molecule has 2 unspecified atom stereocenters. The van der Waals surface area contributed by atoms with Crippen molar-refractivity contribution in [2.24, 2.45) is 0 Å². The number of nitrogens with zero attached hydrogens (tertiary/aromatic N) is 9. The number of rotatable bonds is 20. The summed E-state index contributed by atoms with van der Waals surface area (Å²) in [6.07, 6.45) is 9.02. The number of aromatic nitrogens is 8. The summed E-state index contributed by atoms with van der Waals surface area (Å²) in [6.45, 7) is 25.9. The number of H-pyrrole nitrogens is 1. The predicted molar refractivity (Wildman–Crippen MR) is 280 cm³/mol. The van der Waals surface area contributed by atoms with Crippen molar-refractivity contribution >= 4 is 55.8 Å². The average molecular weight is 1010 g/mol. The smallest absolute Gasteiger partial charge is 0.408 e. The third-order valence-corrected chi connectivity index (χ3v) is 15.2. The second-order valence-corrected chi connectivity index (χ2v) is 32.6. The minimum Gasteiger partial charge on any atom is -0.465 e. The van der Waals surface area contributed by atoms with Gasteiger partial charge in [0.05, 0.1) is 28.0 Å². The molecular weight excluding hydrogens is 939 g/mol. The number of para-hydroxylation sites is 2. The third kappa shape index (κ3) is 14.7. The Hall–Kier alpha value is -6.69. The Labute approximate surface area is 416 Å². The van der Waals surface area contributed by atoms with E-state index in [0.717, 1.165) is 62.8 Å². The van der Waals surface area contributed by atoms with Gasteiger partial charge in [-0.1, -0.05) is 63.5 Å². The van der Waals surface area contributed by atoms with Crippen molar-refractivity contribution in [2.75, 3.05) is 13.2 Å². The maximum Gasteiger partial charge on any atom is 0.408 e. The number of imidazole rings is 2. The summed E-state index contributed by atoms with van der Waals surface area (Å²) in [4.78, 5) is 48.4. The highest BCUT2D eigenvalue weighted by Gasteiger charge is 2.36. The zero-order chi connectivity index (χ0) is 51.8. The fourth-order valence-corrected chi connectivity index (χ4v) is 9.90. The van der Waals surface area contributed by atoms with Gasteiger partial charge in [-0.05, 0) is 87.2 Å². The second-order valence-electron chi connectivity index (χ2n) is 21.4. The van der Waals surface area contributed by atoms with E-state index in [-0.39, 0.29) is 5.69 Å². The van der Waals surface area contributed by atoms with Crippen molar-refractivity contribution in [1.82, 2.24) is 49.3 Å². The molecule has 7 aromatic rings. The number of nitrogens with one attached hydrogen (secondary N) is 2. The van der Waals surface area contributed by atoms with Crippen molar-refractivity contribution < 1.29 is 34.2 Å². The molecule has 3 aromatic carbocycles. The maximum absolute atomic E-state index is 12.2. The van der Waals surface area contributed by atoms with Crippen LogP contribution in [0.1, 0.15) is 66.8 Å². The van der Waals surface area contributed by atoms with Gasteiger partial charge >= 0.3 is 12.2 Å². The summed E-state index contributed by atoms with van der Waals surface area (Å²) >= 11 is 0. The molecule has 4 N–H and O–H groups in total. The monoisotopic (exact) mass is 1010 g/mol. The molecule has 4 heterocycles. The van der Waals surface area contributed by atoms with Crippen LogP contribution in [0.25, 0.3) is 27.5 Å². The van der Waals surface area contributed by atoms with Gasteiger partial charge in [0, 0.05) is 102 Å². The number of benzene rings is 3. The summed E-state index contributed by atoms with van der Waals surface area (Å²) in [5.41, 5.74) is 5.34. The maximum atomic E-state index is 12.2. The molecule has 0 saturated heterocycles. The topological polar surface area (TPSA) is 234 Å². The number of fused-ring (bicyclic) bond motifs is 2. The summed E-state index contributed by atoms with van der Waals surface area (Å²) in [5, 5.41) is 45.0. The van der Waals surface area contributed by atoms with Crippen LogP contribution in [-0.4, -0.2) is 106 Å². The lowest BCUT2D eigenvalue weighted by molar-refractivity contribution is -0.384. The van der Waals surface area contributed by atoms with Crippen LogP contribution in [-0.2, 0) is 35.8 Å². The fourth-order valence-electron chi connectivity index (χ4n) is 8.39. The highest BCUT2D eigenvalue weighted by Crippen LogP contribution is 2.32. The van der Waals surface area contributed by atoms with E-state index in [4.69, 9.17) is 14.6 Å². The van der Waals surface area contributed by atoms with E-state index in [1.807, 2.05) is 63.8 Å². The molecule has 0 bridgehead atoms. The van der Waals surface area contributed by atoms with E-state index >= 15 is 0 Å². The number of amides is 2. The zero-order valence-electron chi connectivity index (χ0n) is 42.8. The largest absolute Gasteiger partial charge is 0.465 e. The van der Waals surface area contributed by atoms with Crippen LogP contribution in [0.4, 0.5) is 15.3 Å². The highest BCUT2D eigenvalue weighted by atomic mass is 28.3. The first-order chi connectivity index (χ1) is 33.4. The summed E-state index contributed by atoms with van der Waals surface area (Å²) in [5.74, 6) is 0.988. The molecule has 0 saturated carbocycles. The summed E-state index contributed by atoms with van der Waals surface area (Å²) in [6, 6.07) is 15.4. The molecule has 0 aliphatic heterocycles. The molecule has 2 atom stereocenters. The van der Waals surface area contributed by atoms with Gasteiger partial charge in [-0.2, -0.15) is 10.2 Å². The van der Waals surface area contributed by atoms with E-state index in [1.165, 1.54) is 17.2 Å². The van der Waals surface area contributed by atoms with Crippen LogP contribution in [0, 0.1) is 24.0 Å². The Kier molecular flexibility index (Phi) is 17.1. The first-order valence-electron chi connectivity index (χ1n) is 23.7. The van der Waals surface area contributed by atoms with E-state index in [2.05, 4.69) is 76.8 Å². The van der Waals surface area contributed by atoms with Gasteiger partial charge in [-0.25, -0.2) is 28.9 Å². The second kappa shape index (κ2) is 22.6. The highest BCUT2D eigenvalue weighted by molar-refractivity contribution is 6.76. The minimum atomic E-state index is -1.21. The molecule has 0 aliphatic carbocycles. The van der Waals surface area contributed by atoms with Gasteiger partial charge in [0.15, 0.2) is 0 Å². The number of ether oxygens (including phenoxy) is 2. The van der Waals surface area contributed by atoms with Crippen LogP contribution < -0.4 is 5.32 Å². The standard InChI is InChI=1S/C26H32N6O5Si.C24H37N5O3Si/c1-18-13-19(14-20-16-30(29-24(18)20)17-37-11-12-38(2,3)4)15-21(28-26(33)34)25-27-9-10-31(25)22-7-5-6-8-23(22)32(35)36;1-17-12-18(13-19-15-28(27-21(17)19)16-32-10-11-33(5,6)7)14-20(22-25-8-9-26-22)29(23(30)31)24(2,3)4/h5-10,13-14,16,21,28H,11-12,15,17H2,1-4H3,(H,33,34);8-9,12-13,15,20H,10-11,14,16H2,1-7H3,(H,25,26)(H,30,31). The van der Waals surface area contributed by atoms with Crippen molar-refractivity contribution in [2.45, 2.75) is 130 Å². The molecule has 7 rings (SSSR count). The van der Waals surface area contributed by atoms with Gasteiger partial charge in [0.1, 0.15) is 30.8 Å². The number of carboxylic acid groups (broad SMARTS) is 2. The lowest BCUT2D eigenvalue weighted by atomic mass is 9.96. The number of nitro groups is 1. The number of hydrogen-bond donors (Lipinski definition) is 4. The first kappa shape index (κ1) is 53.7. The summed E-state index contributed by atoms with van der Waals surface area (Å²) < 4.78 is 16.9. The molecule has 0 fully saturated rings. The van der Waals surface area contributed by atoms with Gasteiger partial charge in [0.25, 0.3) is 5.69 Å². The molecule has 0 aliphatic rings. The SMILES string of the molecule is Cc1cc(CC(NC(=O)O)c2nccn2-c2ccccc2[N+](=O)[O-])cc2cn(COCC[Si](C)(C)C)nc12.Cc1cc(CC(c2ncc[nH]2)N(C(=O)O)C(C)(C)C)cc2cn(COCC[Si](C)(C)C)nc12. The molecule has 71 heavy (non-hydrogen) atoms. The van der Waals surface area contributed by atoms with Gasteiger partial charge < -0.3 is 30.0 Å². The molecule has 0 radical (unpaired) electrons. The number of hydrogen-bond acceptors (Lipinski definition) is 10. The fraction of sp³-hybridized carbons (Fsp3) is 0.440. The van der Waals surface area contributed by atoms with Gasteiger partial charge in [-0.3, -0.25) is 19.6 Å². The lowest BCUT2D eigenvalue weighted by Crippen LogP contribution is -2.48. The van der Waals surface area contributed by atoms with Crippen LogP contribution >= 0.6 is 0 Å². The normalized spacial score (nSPS) is 12.9. The Morgan fingerprint density at radius 1 is 0.831 bits per heavy atom. The van der Waals surface area contributed by atoms with Crippen LogP contribution in [0.15, 0.2) is 85.7 Å².